The van der Waals surface area contributed by atoms with Crippen LogP contribution in [0.15, 0.2) is 18.5 Å². The van der Waals surface area contributed by atoms with Gasteiger partial charge in [0.15, 0.2) is 0 Å². The lowest BCUT2D eigenvalue weighted by Crippen LogP contribution is -2.22. The number of aryl methyl sites for hydroxylation is 3. The molecule has 0 saturated carbocycles. The maximum Gasteiger partial charge on any atom is 0.0628 e. The van der Waals surface area contributed by atoms with Crippen molar-refractivity contribution in [2.75, 3.05) is 6.54 Å². The van der Waals surface area contributed by atoms with Gasteiger partial charge in [0.2, 0.25) is 0 Å². The van der Waals surface area contributed by atoms with Crippen LogP contribution in [0.1, 0.15) is 47.5 Å². The molecule has 0 radical (unpaired) electrons. The van der Waals surface area contributed by atoms with Gasteiger partial charge >= 0.3 is 0 Å². The van der Waals surface area contributed by atoms with Crippen LogP contribution in [-0.4, -0.2) is 21.3 Å². The van der Waals surface area contributed by atoms with Crippen molar-refractivity contribution in [2.45, 2.75) is 46.6 Å². The van der Waals surface area contributed by atoms with Crippen LogP contribution < -0.4 is 5.32 Å². The van der Waals surface area contributed by atoms with E-state index in [4.69, 9.17) is 0 Å². The van der Waals surface area contributed by atoms with E-state index in [0.29, 0.717) is 6.04 Å². The molecular formula is C17H26N4. The summed E-state index contributed by atoms with van der Waals surface area (Å²) < 4.78 is 1.97. The molecule has 4 nitrogen and oxygen atoms in total. The van der Waals surface area contributed by atoms with E-state index in [-0.39, 0.29) is 0 Å². The Labute approximate surface area is 127 Å². The van der Waals surface area contributed by atoms with Gasteiger partial charge < -0.3 is 5.32 Å². The Bertz CT molecular complexity index is 601. The Hall–Kier alpha value is -1.68. The Morgan fingerprint density at radius 2 is 2.05 bits per heavy atom. The van der Waals surface area contributed by atoms with Crippen molar-refractivity contribution < 1.29 is 0 Å². The largest absolute Gasteiger partial charge is 0.310 e. The first-order valence-corrected chi connectivity index (χ1v) is 7.67. The number of pyridine rings is 1. The van der Waals surface area contributed by atoms with Gasteiger partial charge in [0, 0.05) is 31.2 Å². The van der Waals surface area contributed by atoms with E-state index >= 15 is 0 Å². The Kier molecular flexibility index (Phi) is 5.12. The first-order chi connectivity index (χ1) is 10.0. The molecule has 2 rings (SSSR count). The molecule has 0 aliphatic rings. The summed E-state index contributed by atoms with van der Waals surface area (Å²) >= 11 is 0. The van der Waals surface area contributed by atoms with Crippen LogP contribution in [0.2, 0.25) is 0 Å². The van der Waals surface area contributed by atoms with E-state index < -0.39 is 0 Å². The molecule has 0 saturated heterocycles. The molecule has 0 fully saturated rings. The molecule has 0 aromatic carbocycles. The minimum atomic E-state index is 0.350. The topological polar surface area (TPSA) is 42.7 Å². The lowest BCUT2D eigenvalue weighted by atomic mass is 9.96. The zero-order valence-electron chi connectivity index (χ0n) is 13.8. The van der Waals surface area contributed by atoms with Gasteiger partial charge in [-0.25, -0.2) is 0 Å². The maximum atomic E-state index is 4.51. The lowest BCUT2D eigenvalue weighted by Gasteiger charge is -2.20. The Morgan fingerprint density at radius 1 is 1.29 bits per heavy atom. The molecule has 0 aliphatic heterocycles. The highest BCUT2D eigenvalue weighted by Gasteiger charge is 2.16. The van der Waals surface area contributed by atoms with E-state index in [1.54, 1.807) is 0 Å². The number of nitrogens with one attached hydrogen (secondary N) is 1. The zero-order valence-corrected chi connectivity index (χ0v) is 13.8. The van der Waals surface area contributed by atoms with Crippen molar-refractivity contribution in [3.8, 4) is 0 Å². The summed E-state index contributed by atoms with van der Waals surface area (Å²) in [5.41, 5.74) is 6.40. The van der Waals surface area contributed by atoms with Crippen LogP contribution in [0.3, 0.4) is 0 Å². The second-order valence-electron chi connectivity index (χ2n) is 5.65. The van der Waals surface area contributed by atoms with Crippen LogP contribution in [0.4, 0.5) is 0 Å². The number of aromatic nitrogens is 3. The van der Waals surface area contributed by atoms with Gasteiger partial charge in [-0.05, 0) is 62.9 Å². The number of hydrogen-bond donors (Lipinski definition) is 1. The molecule has 2 heterocycles. The van der Waals surface area contributed by atoms with Gasteiger partial charge in [-0.15, -0.1) is 0 Å². The first kappa shape index (κ1) is 15.7. The second-order valence-corrected chi connectivity index (χ2v) is 5.65. The summed E-state index contributed by atoms with van der Waals surface area (Å²) in [5.74, 6) is 0. The van der Waals surface area contributed by atoms with Crippen molar-refractivity contribution in [3.05, 3.63) is 46.5 Å². The highest BCUT2D eigenvalue weighted by atomic mass is 15.3. The van der Waals surface area contributed by atoms with Crippen LogP contribution in [0.25, 0.3) is 0 Å². The Balaban J connectivity index is 2.16. The summed E-state index contributed by atoms with van der Waals surface area (Å²) in [4.78, 5) is 4.29. The third-order valence-corrected chi connectivity index (χ3v) is 4.25. The lowest BCUT2D eigenvalue weighted by molar-refractivity contribution is 0.511. The molecule has 0 spiro atoms. The standard InChI is InChI=1S/C17H26N4/c1-6-19-17(16-11-18-10-9-12(16)2)8-7-15-13(3)20-21(5)14(15)4/h9-11,17,19H,6-8H2,1-5H3. The van der Waals surface area contributed by atoms with Gasteiger partial charge in [0.1, 0.15) is 0 Å². The quantitative estimate of drug-likeness (QED) is 0.887. The fraction of sp³-hybridized carbons (Fsp3) is 0.529. The molecule has 4 heteroatoms. The zero-order chi connectivity index (χ0) is 15.4. The second kappa shape index (κ2) is 6.85. The van der Waals surface area contributed by atoms with Gasteiger partial charge in [-0.3, -0.25) is 9.67 Å². The summed E-state index contributed by atoms with van der Waals surface area (Å²) in [6.45, 7) is 9.51. The predicted octanol–water partition coefficient (Wildman–Crippen LogP) is 3.02. The van der Waals surface area contributed by atoms with Gasteiger partial charge in [-0.1, -0.05) is 6.92 Å². The summed E-state index contributed by atoms with van der Waals surface area (Å²) in [6.07, 6.45) is 5.95. The van der Waals surface area contributed by atoms with Gasteiger partial charge in [-0.2, -0.15) is 5.10 Å². The van der Waals surface area contributed by atoms with Gasteiger partial charge in [0.25, 0.3) is 0 Å². The number of rotatable bonds is 6. The third kappa shape index (κ3) is 3.50. The molecule has 0 amide bonds. The Morgan fingerprint density at radius 3 is 2.62 bits per heavy atom. The summed E-state index contributed by atoms with van der Waals surface area (Å²) in [7, 11) is 2.01. The van der Waals surface area contributed by atoms with Gasteiger partial charge in [0.05, 0.1) is 5.69 Å². The van der Waals surface area contributed by atoms with E-state index in [1.165, 1.54) is 22.4 Å². The molecular weight excluding hydrogens is 260 g/mol. The van der Waals surface area contributed by atoms with Crippen LogP contribution in [0.5, 0.6) is 0 Å². The van der Waals surface area contributed by atoms with E-state index in [1.807, 2.05) is 24.1 Å². The average molecular weight is 286 g/mol. The molecule has 1 atom stereocenters. The van der Waals surface area contributed by atoms with Crippen molar-refractivity contribution >= 4 is 0 Å². The van der Waals surface area contributed by atoms with Crippen LogP contribution in [-0.2, 0) is 13.5 Å². The van der Waals surface area contributed by atoms with Crippen LogP contribution in [0, 0.1) is 20.8 Å². The molecule has 1 N–H and O–H groups in total. The first-order valence-electron chi connectivity index (χ1n) is 7.67. The minimum absolute atomic E-state index is 0.350. The molecule has 0 aliphatic carbocycles. The average Bonchev–Trinajstić information content (AvgIpc) is 2.70. The summed E-state index contributed by atoms with van der Waals surface area (Å²) in [5, 5.41) is 8.10. The molecule has 2 aromatic heterocycles. The summed E-state index contributed by atoms with van der Waals surface area (Å²) in [6, 6.07) is 2.43. The maximum absolute atomic E-state index is 4.51. The normalized spacial score (nSPS) is 12.6. The third-order valence-electron chi connectivity index (χ3n) is 4.25. The fourth-order valence-corrected chi connectivity index (χ4v) is 2.92. The van der Waals surface area contributed by atoms with Crippen molar-refractivity contribution in [1.82, 2.24) is 20.1 Å². The van der Waals surface area contributed by atoms with Crippen molar-refractivity contribution in [1.29, 1.82) is 0 Å². The van der Waals surface area contributed by atoms with E-state index in [2.05, 4.69) is 49.2 Å². The smallest absolute Gasteiger partial charge is 0.0628 e. The number of nitrogens with zero attached hydrogens (tertiary/aromatic N) is 3. The molecule has 1 unspecified atom stereocenters. The minimum Gasteiger partial charge on any atom is -0.310 e. The van der Waals surface area contributed by atoms with E-state index in [9.17, 15) is 0 Å². The fourth-order valence-electron chi connectivity index (χ4n) is 2.92. The molecule has 2 aromatic rings. The predicted molar refractivity (Wildman–Crippen MR) is 86.4 cm³/mol. The molecule has 0 bridgehead atoms. The molecule has 114 valence electrons. The van der Waals surface area contributed by atoms with Crippen LogP contribution >= 0.6 is 0 Å². The van der Waals surface area contributed by atoms with Crippen molar-refractivity contribution in [2.24, 2.45) is 7.05 Å². The van der Waals surface area contributed by atoms with Crippen molar-refractivity contribution in [3.63, 3.8) is 0 Å². The van der Waals surface area contributed by atoms with E-state index in [0.717, 1.165) is 25.1 Å². The molecule has 21 heavy (non-hydrogen) atoms. The SMILES string of the molecule is CCNC(CCc1c(C)nn(C)c1C)c1cnccc1C. The number of hydrogen-bond acceptors (Lipinski definition) is 3. The monoisotopic (exact) mass is 286 g/mol. The highest BCUT2D eigenvalue weighted by molar-refractivity contribution is 5.27. The highest BCUT2D eigenvalue weighted by Crippen LogP contribution is 2.23.